The summed E-state index contributed by atoms with van der Waals surface area (Å²) < 4.78 is 24.5. The average Bonchev–Trinajstić information content (AvgIpc) is 2.86. The molecule has 0 saturated carbocycles. The van der Waals surface area contributed by atoms with Crippen molar-refractivity contribution in [2.24, 2.45) is 0 Å². The van der Waals surface area contributed by atoms with Crippen LogP contribution in [0.4, 0.5) is 5.69 Å². The fourth-order valence-corrected chi connectivity index (χ4v) is 4.82. The lowest BCUT2D eigenvalue weighted by molar-refractivity contribution is -0.118. The molecule has 1 aliphatic rings. The van der Waals surface area contributed by atoms with Crippen LogP contribution in [0.5, 0.6) is 23.0 Å². The molecule has 0 radical (unpaired) electrons. The molecule has 1 heterocycles. The van der Waals surface area contributed by atoms with Crippen LogP contribution in [0.1, 0.15) is 50.4 Å². The minimum absolute atomic E-state index is 0.00766. The first-order chi connectivity index (χ1) is 17.5. The smallest absolute Gasteiger partial charge is 0.232 e. The van der Waals surface area contributed by atoms with Crippen molar-refractivity contribution in [3.8, 4) is 23.0 Å². The number of anilines is 1. The average molecular weight is 554 g/mol. The number of carbonyl (C=O) groups excluding carboxylic acids is 1. The predicted octanol–water partition coefficient (Wildman–Crippen LogP) is 6.72. The Morgan fingerprint density at radius 1 is 0.750 bits per heavy atom. The Hall–Kier alpha value is -3.19. The molecule has 4 rings (SSSR count). The van der Waals surface area contributed by atoms with Crippen LogP contribution < -0.4 is 23.8 Å². The molecule has 0 fully saturated rings. The summed E-state index contributed by atoms with van der Waals surface area (Å²) in [6.07, 6.45) is 0.268. The summed E-state index contributed by atoms with van der Waals surface area (Å²) >= 11 is 3.51. The minimum Gasteiger partial charge on any atom is -0.490 e. The summed E-state index contributed by atoms with van der Waals surface area (Å²) in [7, 11) is 0. The molecule has 0 N–H and O–H groups in total. The molecule has 0 unspecified atom stereocenters. The van der Waals surface area contributed by atoms with E-state index in [-0.39, 0.29) is 18.4 Å². The molecular weight excluding hydrogens is 522 g/mol. The van der Waals surface area contributed by atoms with E-state index in [1.54, 1.807) is 0 Å². The van der Waals surface area contributed by atoms with Crippen LogP contribution in [0.15, 0.2) is 59.1 Å². The van der Waals surface area contributed by atoms with Crippen molar-refractivity contribution in [2.45, 2.75) is 40.2 Å². The highest BCUT2D eigenvalue weighted by atomic mass is 79.9. The predicted molar refractivity (Wildman–Crippen MR) is 145 cm³/mol. The number of halogens is 1. The number of hydrogen-bond acceptors (Lipinski definition) is 5. The molecule has 3 aromatic carbocycles. The van der Waals surface area contributed by atoms with Gasteiger partial charge in [0.15, 0.2) is 23.0 Å². The normalized spacial score (nSPS) is 14.9. The van der Waals surface area contributed by atoms with Crippen molar-refractivity contribution in [3.63, 3.8) is 0 Å². The maximum Gasteiger partial charge on any atom is 0.232 e. The Labute approximate surface area is 221 Å². The Morgan fingerprint density at radius 3 is 1.92 bits per heavy atom. The molecule has 1 aliphatic heterocycles. The fraction of sp³-hybridized carbons (Fsp3) is 0.345. The topological polar surface area (TPSA) is 57.2 Å². The van der Waals surface area contributed by atoms with Crippen LogP contribution in [0.25, 0.3) is 0 Å². The van der Waals surface area contributed by atoms with Crippen molar-refractivity contribution in [1.82, 2.24) is 0 Å². The third kappa shape index (κ3) is 5.31. The number of benzene rings is 3. The van der Waals surface area contributed by atoms with Crippen molar-refractivity contribution in [1.29, 1.82) is 0 Å². The van der Waals surface area contributed by atoms with E-state index in [2.05, 4.69) is 15.9 Å². The number of amides is 1. The van der Waals surface area contributed by atoms with Gasteiger partial charge < -0.3 is 23.8 Å². The van der Waals surface area contributed by atoms with Crippen molar-refractivity contribution in [2.75, 3.05) is 31.3 Å². The summed E-state index contributed by atoms with van der Waals surface area (Å²) in [6, 6.07) is 17.3. The summed E-state index contributed by atoms with van der Waals surface area (Å²) in [5, 5.41) is 0. The molecule has 3 aromatic rings. The molecule has 36 heavy (non-hydrogen) atoms. The summed E-state index contributed by atoms with van der Waals surface area (Å²) in [6.45, 7) is 9.84. The van der Waals surface area contributed by atoms with Gasteiger partial charge in [-0.2, -0.15) is 0 Å². The first kappa shape index (κ1) is 25.9. The van der Waals surface area contributed by atoms with Gasteiger partial charge in [-0.05, 0) is 92.9 Å². The van der Waals surface area contributed by atoms with Gasteiger partial charge in [0.2, 0.25) is 5.91 Å². The third-order valence-corrected chi connectivity index (χ3v) is 6.49. The van der Waals surface area contributed by atoms with Crippen LogP contribution in [0.3, 0.4) is 0 Å². The summed E-state index contributed by atoms with van der Waals surface area (Å²) in [4.78, 5) is 15.5. The quantitative estimate of drug-likeness (QED) is 0.279. The molecule has 1 atom stereocenters. The highest BCUT2D eigenvalue weighted by molar-refractivity contribution is 9.10. The highest BCUT2D eigenvalue weighted by Crippen LogP contribution is 2.45. The van der Waals surface area contributed by atoms with E-state index in [1.807, 2.05) is 87.2 Å². The van der Waals surface area contributed by atoms with Crippen LogP contribution in [0.2, 0.25) is 0 Å². The summed E-state index contributed by atoms with van der Waals surface area (Å²) in [5.74, 6) is 2.67. The van der Waals surface area contributed by atoms with Gasteiger partial charge in [0.25, 0.3) is 0 Å². The second kappa shape index (κ2) is 11.7. The second-order valence-corrected chi connectivity index (χ2v) is 9.17. The lowest BCUT2D eigenvalue weighted by Crippen LogP contribution is -2.41. The van der Waals surface area contributed by atoms with E-state index in [0.717, 1.165) is 26.9 Å². The van der Waals surface area contributed by atoms with Crippen LogP contribution in [-0.4, -0.2) is 32.3 Å². The first-order valence-corrected chi connectivity index (χ1v) is 13.2. The maximum atomic E-state index is 13.7. The SMILES string of the molecule is CCOc1ccc([C@@H]2c3cc(OCC)c(OCC)cc3CC(=O)N2c2ccc(Br)cc2)cc1OCC. The Morgan fingerprint density at radius 2 is 1.31 bits per heavy atom. The maximum absolute atomic E-state index is 13.7. The Bertz CT molecular complexity index is 1210. The molecule has 190 valence electrons. The van der Waals surface area contributed by atoms with E-state index in [9.17, 15) is 4.79 Å². The van der Waals surface area contributed by atoms with E-state index in [4.69, 9.17) is 18.9 Å². The van der Waals surface area contributed by atoms with Crippen molar-refractivity contribution in [3.05, 3.63) is 75.8 Å². The fourth-order valence-electron chi connectivity index (χ4n) is 4.55. The zero-order valence-electron chi connectivity index (χ0n) is 21.2. The molecule has 0 bridgehead atoms. The number of ether oxygens (including phenoxy) is 4. The van der Waals surface area contributed by atoms with Crippen LogP contribution in [-0.2, 0) is 11.2 Å². The number of fused-ring (bicyclic) bond motifs is 1. The van der Waals surface area contributed by atoms with Gasteiger partial charge in [0.1, 0.15) is 0 Å². The molecule has 0 aliphatic carbocycles. The number of hydrogen-bond donors (Lipinski definition) is 0. The zero-order valence-corrected chi connectivity index (χ0v) is 22.8. The van der Waals surface area contributed by atoms with Gasteiger partial charge in [0, 0.05) is 10.2 Å². The van der Waals surface area contributed by atoms with Gasteiger partial charge in [0.05, 0.1) is 38.9 Å². The lowest BCUT2D eigenvalue weighted by Gasteiger charge is -2.38. The van der Waals surface area contributed by atoms with Crippen LogP contribution in [0, 0.1) is 0 Å². The van der Waals surface area contributed by atoms with E-state index in [1.165, 1.54) is 0 Å². The summed E-state index contributed by atoms with van der Waals surface area (Å²) in [5.41, 5.74) is 3.66. The van der Waals surface area contributed by atoms with E-state index < -0.39 is 0 Å². The Kier molecular flexibility index (Phi) is 8.41. The number of nitrogens with zero attached hydrogens (tertiary/aromatic N) is 1. The van der Waals surface area contributed by atoms with Crippen molar-refractivity contribution >= 4 is 27.5 Å². The standard InChI is InChI=1S/C29H32BrNO5/c1-5-33-24-14-9-19(15-25(24)34-6-2)29-23-18-27(36-8-4)26(35-7-3)16-20(23)17-28(32)31(29)22-12-10-21(30)11-13-22/h9-16,18,29H,5-8,17H2,1-4H3/t29-/m1/s1. The van der Waals surface area contributed by atoms with Crippen LogP contribution >= 0.6 is 15.9 Å². The molecular formula is C29H32BrNO5. The van der Waals surface area contributed by atoms with Crippen molar-refractivity contribution < 1.29 is 23.7 Å². The highest BCUT2D eigenvalue weighted by Gasteiger charge is 2.36. The Balaban J connectivity index is 1.93. The van der Waals surface area contributed by atoms with Gasteiger partial charge in [-0.15, -0.1) is 0 Å². The molecule has 1 amide bonds. The largest absolute Gasteiger partial charge is 0.490 e. The molecule has 7 heteroatoms. The zero-order chi connectivity index (χ0) is 25.7. The second-order valence-electron chi connectivity index (χ2n) is 8.26. The molecule has 0 spiro atoms. The molecule has 0 aromatic heterocycles. The van der Waals surface area contributed by atoms with E-state index >= 15 is 0 Å². The molecule has 6 nitrogen and oxygen atoms in total. The van der Waals surface area contributed by atoms with Gasteiger partial charge in [-0.3, -0.25) is 4.79 Å². The van der Waals surface area contributed by atoms with Gasteiger partial charge in [-0.25, -0.2) is 0 Å². The monoisotopic (exact) mass is 553 g/mol. The number of rotatable bonds is 10. The third-order valence-electron chi connectivity index (χ3n) is 5.96. The lowest BCUT2D eigenvalue weighted by atomic mass is 9.86. The van der Waals surface area contributed by atoms with Gasteiger partial charge >= 0.3 is 0 Å². The van der Waals surface area contributed by atoms with E-state index in [0.29, 0.717) is 49.4 Å². The number of carbonyl (C=O) groups is 1. The minimum atomic E-state index is -0.382. The van der Waals surface area contributed by atoms with Gasteiger partial charge in [-0.1, -0.05) is 22.0 Å². The first-order valence-electron chi connectivity index (χ1n) is 12.4. The molecule has 0 saturated heterocycles.